The van der Waals surface area contributed by atoms with Gasteiger partial charge in [-0.2, -0.15) is 0 Å². The van der Waals surface area contributed by atoms with Gasteiger partial charge in [-0.25, -0.2) is 0 Å². The highest BCUT2D eigenvalue weighted by Gasteiger charge is 2.27. The van der Waals surface area contributed by atoms with E-state index in [4.69, 9.17) is 0 Å². The van der Waals surface area contributed by atoms with Gasteiger partial charge in [0, 0.05) is 29.7 Å². The van der Waals surface area contributed by atoms with Crippen molar-refractivity contribution < 1.29 is 0 Å². The predicted octanol–water partition coefficient (Wildman–Crippen LogP) is 3.20. The molecule has 0 bridgehead atoms. The molecule has 3 heteroatoms. The van der Waals surface area contributed by atoms with Gasteiger partial charge < -0.3 is 10.2 Å². The molecule has 2 unspecified atom stereocenters. The number of hydrogen-bond acceptors (Lipinski definition) is 3. The van der Waals surface area contributed by atoms with Crippen LogP contribution in [0, 0.1) is 5.92 Å². The van der Waals surface area contributed by atoms with Gasteiger partial charge in [-0.3, -0.25) is 0 Å². The zero-order chi connectivity index (χ0) is 13.8. The first-order valence-electron chi connectivity index (χ1n) is 8.01. The maximum absolute atomic E-state index is 3.52. The molecule has 110 valence electrons. The zero-order valence-electron chi connectivity index (χ0n) is 12.5. The molecule has 0 amide bonds. The van der Waals surface area contributed by atoms with Gasteiger partial charge in [-0.15, -0.1) is 11.8 Å². The fourth-order valence-electron chi connectivity index (χ4n) is 3.52. The lowest BCUT2D eigenvalue weighted by atomic mass is 9.95. The SMILES string of the molecule is CCNCC1CCCN(CC2CSc3ccccc32)C1. The quantitative estimate of drug-likeness (QED) is 0.896. The Morgan fingerprint density at radius 2 is 2.25 bits per heavy atom. The molecular formula is C17H26N2S. The molecule has 2 atom stereocenters. The first-order valence-corrected chi connectivity index (χ1v) is 9.00. The summed E-state index contributed by atoms with van der Waals surface area (Å²) in [5.41, 5.74) is 1.59. The Hall–Kier alpha value is -0.510. The summed E-state index contributed by atoms with van der Waals surface area (Å²) >= 11 is 2.04. The van der Waals surface area contributed by atoms with Gasteiger partial charge in [0.2, 0.25) is 0 Å². The molecule has 2 nitrogen and oxygen atoms in total. The van der Waals surface area contributed by atoms with Crippen LogP contribution in [0.2, 0.25) is 0 Å². The van der Waals surface area contributed by atoms with E-state index in [1.807, 2.05) is 11.8 Å². The van der Waals surface area contributed by atoms with Gasteiger partial charge in [0.1, 0.15) is 0 Å². The lowest BCUT2D eigenvalue weighted by Gasteiger charge is -2.34. The summed E-state index contributed by atoms with van der Waals surface area (Å²) in [7, 11) is 0. The highest BCUT2D eigenvalue weighted by Crippen LogP contribution is 2.39. The third-order valence-corrected chi connectivity index (χ3v) is 5.82. The minimum Gasteiger partial charge on any atom is -0.317 e. The van der Waals surface area contributed by atoms with Crippen LogP contribution in [0.4, 0.5) is 0 Å². The van der Waals surface area contributed by atoms with Crippen molar-refractivity contribution in [2.24, 2.45) is 5.92 Å². The van der Waals surface area contributed by atoms with Crippen molar-refractivity contribution in [1.82, 2.24) is 10.2 Å². The van der Waals surface area contributed by atoms with E-state index in [1.54, 1.807) is 5.56 Å². The van der Waals surface area contributed by atoms with Crippen molar-refractivity contribution >= 4 is 11.8 Å². The Labute approximate surface area is 127 Å². The molecule has 2 heterocycles. The predicted molar refractivity (Wildman–Crippen MR) is 87.6 cm³/mol. The van der Waals surface area contributed by atoms with Gasteiger partial charge in [-0.1, -0.05) is 25.1 Å². The van der Waals surface area contributed by atoms with E-state index < -0.39 is 0 Å². The Morgan fingerprint density at radius 1 is 1.35 bits per heavy atom. The summed E-state index contributed by atoms with van der Waals surface area (Å²) in [5, 5.41) is 3.52. The Kier molecular flexibility index (Phi) is 5.03. The van der Waals surface area contributed by atoms with E-state index in [1.165, 1.54) is 49.7 Å². The van der Waals surface area contributed by atoms with Crippen LogP contribution in [0.15, 0.2) is 29.2 Å². The average molecular weight is 290 g/mol. The van der Waals surface area contributed by atoms with Crippen LogP contribution in [0.3, 0.4) is 0 Å². The molecule has 20 heavy (non-hydrogen) atoms. The fraction of sp³-hybridized carbons (Fsp3) is 0.647. The second-order valence-electron chi connectivity index (χ2n) is 6.12. The minimum absolute atomic E-state index is 0.745. The summed E-state index contributed by atoms with van der Waals surface area (Å²) in [6, 6.07) is 8.98. The number of fused-ring (bicyclic) bond motifs is 1. The molecule has 0 radical (unpaired) electrons. The molecule has 1 N–H and O–H groups in total. The lowest BCUT2D eigenvalue weighted by molar-refractivity contribution is 0.167. The van der Waals surface area contributed by atoms with Gasteiger partial charge >= 0.3 is 0 Å². The summed E-state index contributed by atoms with van der Waals surface area (Å²) in [5.74, 6) is 2.87. The second-order valence-corrected chi connectivity index (χ2v) is 7.18. The van der Waals surface area contributed by atoms with Crippen LogP contribution >= 0.6 is 11.8 Å². The van der Waals surface area contributed by atoms with Crippen LogP contribution in [0.1, 0.15) is 31.2 Å². The van der Waals surface area contributed by atoms with E-state index >= 15 is 0 Å². The summed E-state index contributed by atoms with van der Waals surface area (Å²) in [6.45, 7) is 8.34. The molecule has 2 aliphatic rings. The van der Waals surface area contributed by atoms with Crippen molar-refractivity contribution in [2.45, 2.75) is 30.6 Å². The minimum atomic E-state index is 0.745. The van der Waals surface area contributed by atoms with E-state index in [9.17, 15) is 0 Å². The highest BCUT2D eigenvalue weighted by atomic mass is 32.2. The number of likely N-dealkylation sites (tertiary alicyclic amines) is 1. The number of piperidine rings is 1. The molecule has 0 aromatic heterocycles. The highest BCUT2D eigenvalue weighted by molar-refractivity contribution is 7.99. The van der Waals surface area contributed by atoms with E-state index in [2.05, 4.69) is 41.4 Å². The van der Waals surface area contributed by atoms with Crippen LogP contribution in [-0.4, -0.2) is 43.4 Å². The molecule has 1 aromatic rings. The van der Waals surface area contributed by atoms with Gasteiger partial charge in [0.15, 0.2) is 0 Å². The van der Waals surface area contributed by atoms with E-state index in [0.717, 1.165) is 18.4 Å². The molecular weight excluding hydrogens is 264 g/mol. The summed E-state index contributed by atoms with van der Waals surface area (Å²) in [4.78, 5) is 4.22. The topological polar surface area (TPSA) is 15.3 Å². The Morgan fingerprint density at radius 3 is 3.15 bits per heavy atom. The van der Waals surface area contributed by atoms with Gasteiger partial charge in [-0.05, 0) is 50.0 Å². The maximum atomic E-state index is 3.52. The summed E-state index contributed by atoms with van der Waals surface area (Å²) < 4.78 is 0. The van der Waals surface area contributed by atoms with Crippen LogP contribution in [0.5, 0.6) is 0 Å². The van der Waals surface area contributed by atoms with E-state index in [-0.39, 0.29) is 0 Å². The van der Waals surface area contributed by atoms with Crippen molar-refractivity contribution in [3.8, 4) is 0 Å². The number of thioether (sulfide) groups is 1. The van der Waals surface area contributed by atoms with Crippen molar-refractivity contribution in [3.63, 3.8) is 0 Å². The number of rotatable bonds is 5. The Bertz CT molecular complexity index is 435. The van der Waals surface area contributed by atoms with Gasteiger partial charge in [0.05, 0.1) is 0 Å². The second kappa shape index (κ2) is 6.97. The van der Waals surface area contributed by atoms with Crippen molar-refractivity contribution in [3.05, 3.63) is 29.8 Å². The third-order valence-electron chi connectivity index (χ3n) is 4.56. The molecule has 0 spiro atoms. The van der Waals surface area contributed by atoms with E-state index in [0.29, 0.717) is 0 Å². The number of hydrogen-bond donors (Lipinski definition) is 1. The smallest absolute Gasteiger partial charge is 0.0108 e. The first kappa shape index (κ1) is 14.4. The zero-order valence-corrected chi connectivity index (χ0v) is 13.3. The normalized spacial score (nSPS) is 26.6. The fourth-order valence-corrected chi connectivity index (χ4v) is 4.77. The molecule has 2 aliphatic heterocycles. The third kappa shape index (κ3) is 3.38. The Balaban J connectivity index is 1.56. The largest absolute Gasteiger partial charge is 0.317 e. The molecule has 1 fully saturated rings. The van der Waals surface area contributed by atoms with Crippen LogP contribution in [0.25, 0.3) is 0 Å². The standard InChI is InChI=1S/C17H26N2S/c1-2-18-10-14-6-5-9-19(11-14)12-15-13-20-17-8-4-3-7-16(15)17/h3-4,7-8,14-15,18H,2,5-6,9-13H2,1H3. The van der Waals surface area contributed by atoms with Gasteiger partial charge in [0.25, 0.3) is 0 Å². The molecule has 0 saturated carbocycles. The van der Waals surface area contributed by atoms with Crippen LogP contribution < -0.4 is 5.32 Å². The number of benzene rings is 1. The average Bonchev–Trinajstić information content (AvgIpc) is 2.89. The summed E-state index contributed by atoms with van der Waals surface area (Å²) in [6.07, 6.45) is 2.77. The lowest BCUT2D eigenvalue weighted by Crippen LogP contribution is -2.41. The maximum Gasteiger partial charge on any atom is 0.0108 e. The van der Waals surface area contributed by atoms with Crippen LogP contribution in [-0.2, 0) is 0 Å². The van der Waals surface area contributed by atoms with Crippen molar-refractivity contribution in [2.75, 3.05) is 38.5 Å². The molecule has 3 rings (SSSR count). The van der Waals surface area contributed by atoms with Crippen molar-refractivity contribution in [1.29, 1.82) is 0 Å². The molecule has 1 aromatic carbocycles. The number of nitrogens with zero attached hydrogens (tertiary/aromatic N) is 1. The molecule has 0 aliphatic carbocycles. The number of nitrogens with one attached hydrogen (secondary N) is 1. The first-order chi connectivity index (χ1) is 9.86. The molecule has 1 saturated heterocycles. The monoisotopic (exact) mass is 290 g/mol.